The van der Waals surface area contributed by atoms with Gasteiger partial charge in [0.2, 0.25) is 0 Å². The quantitative estimate of drug-likeness (QED) is 0.873. The number of aryl methyl sites for hydroxylation is 2. The lowest BCUT2D eigenvalue weighted by atomic mass is 10.1. The Hall–Kier alpha value is -2.40. The molecule has 5 nitrogen and oxygen atoms in total. The van der Waals surface area contributed by atoms with E-state index in [0.29, 0.717) is 16.3 Å². The summed E-state index contributed by atoms with van der Waals surface area (Å²) in [6.45, 7) is 3.78. The van der Waals surface area contributed by atoms with Crippen LogP contribution in [0.4, 0.5) is 0 Å². The monoisotopic (exact) mass is 304 g/mol. The molecule has 0 aliphatic heterocycles. The van der Waals surface area contributed by atoms with Gasteiger partial charge in [0.25, 0.3) is 0 Å². The molecule has 0 unspecified atom stereocenters. The first-order valence-corrected chi connectivity index (χ1v) is 6.51. The summed E-state index contributed by atoms with van der Waals surface area (Å²) in [4.78, 5) is 18.5. The number of carboxylic acid groups (broad SMARTS) is 1. The number of aromatic nitrogens is 2. The van der Waals surface area contributed by atoms with Crippen molar-refractivity contribution >= 4 is 23.6 Å². The van der Waals surface area contributed by atoms with Crippen molar-refractivity contribution in [3.8, 4) is 11.8 Å². The molecular formula is C15H13ClN2O3. The van der Waals surface area contributed by atoms with Gasteiger partial charge in [-0.05, 0) is 43.2 Å². The van der Waals surface area contributed by atoms with Crippen LogP contribution in [0.15, 0.2) is 30.6 Å². The minimum atomic E-state index is -1.03. The predicted molar refractivity (Wildman–Crippen MR) is 79.7 cm³/mol. The molecular weight excluding hydrogens is 292 g/mol. The molecule has 0 aliphatic rings. The summed E-state index contributed by atoms with van der Waals surface area (Å²) in [7, 11) is 0. The third-order valence-electron chi connectivity index (χ3n) is 2.69. The molecule has 2 rings (SSSR count). The maximum Gasteiger partial charge on any atom is 0.328 e. The van der Waals surface area contributed by atoms with E-state index >= 15 is 0 Å². The highest BCUT2D eigenvalue weighted by Gasteiger charge is 2.06. The van der Waals surface area contributed by atoms with Crippen LogP contribution in [0, 0.1) is 13.8 Å². The molecule has 0 spiro atoms. The van der Waals surface area contributed by atoms with Crippen molar-refractivity contribution in [1.82, 2.24) is 9.97 Å². The van der Waals surface area contributed by atoms with Gasteiger partial charge in [0.15, 0.2) is 0 Å². The van der Waals surface area contributed by atoms with Crippen molar-refractivity contribution in [3.05, 3.63) is 52.3 Å². The van der Waals surface area contributed by atoms with Crippen molar-refractivity contribution in [2.24, 2.45) is 0 Å². The van der Waals surface area contributed by atoms with Crippen molar-refractivity contribution in [1.29, 1.82) is 0 Å². The Morgan fingerprint density at radius 3 is 2.33 bits per heavy atom. The van der Waals surface area contributed by atoms with Gasteiger partial charge in [-0.2, -0.15) is 0 Å². The zero-order valence-electron chi connectivity index (χ0n) is 11.5. The maximum atomic E-state index is 10.4. The van der Waals surface area contributed by atoms with Gasteiger partial charge in [-0.1, -0.05) is 11.6 Å². The van der Waals surface area contributed by atoms with E-state index < -0.39 is 5.97 Å². The highest BCUT2D eigenvalue weighted by atomic mass is 35.5. The van der Waals surface area contributed by atoms with Gasteiger partial charge in [-0.15, -0.1) is 0 Å². The lowest BCUT2D eigenvalue weighted by molar-refractivity contribution is -0.131. The smallest absolute Gasteiger partial charge is 0.328 e. The van der Waals surface area contributed by atoms with Crippen molar-refractivity contribution in [3.63, 3.8) is 0 Å². The highest BCUT2D eigenvalue weighted by Crippen LogP contribution is 2.27. The Labute approximate surface area is 126 Å². The minimum Gasteiger partial charge on any atom is -0.478 e. The standard InChI is InChI=1S/C15H13ClN2O3/c1-9-5-12(6-10(2)14(9)16)21-15-17-7-11(8-18-15)3-4-13(19)20/h3-8H,1-2H3,(H,19,20)/b4-3+. The third-order valence-corrected chi connectivity index (χ3v) is 3.28. The van der Waals surface area contributed by atoms with Gasteiger partial charge in [-0.25, -0.2) is 14.8 Å². The Bertz CT molecular complexity index is 674. The van der Waals surface area contributed by atoms with Crippen LogP contribution >= 0.6 is 11.6 Å². The molecule has 21 heavy (non-hydrogen) atoms. The molecule has 108 valence electrons. The molecule has 0 saturated heterocycles. The second kappa shape index (κ2) is 6.37. The van der Waals surface area contributed by atoms with Crippen LogP contribution in [0.5, 0.6) is 11.8 Å². The van der Waals surface area contributed by atoms with E-state index in [-0.39, 0.29) is 6.01 Å². The summed E-state index contributed by atoms with van der Waals surface area (Å²) in [6.07, 6.45) is 5.39. The SMILES string of the molecule is Cc1cc(Oc2ncc(/C=C/C(=O)O)cn2)cc(C)c1Cl. The summed E-state index contributed by atoms with van der Waals surface area (Å²) in [5.74, 6) is -0.425. The van der Waals surface area contributed by atoms with Crippen molar-refractivity contribution < 1.29 is 14.6 Å². The lowest BCUT2D eigenvalue weighted by Crippen LogP contribution is -1.94. The van der Waals surface area contributed by atoms with Crippen LogP contribution < -0.4 is 4.74 Å². The van der Waals surface area contributed by atoms with E-state index in [1.165, 1.54) is 18.5 Å². The van der Waals surface area contributed by atoms with Gasteiger partial charge in [0, 0.05) is 29.1 Å². The van der Waals surface area contributed by atoms with Gasteiger partial charge in [0.05, 0.1) is 0 Å². The van der Waals surface area contributed by atoms with Gasteiger partial charge < -0.3 is 9.84 Å². The highest BCUT2D eigenvalue weighted by molar-refractivity contribution is 6.32. The first-order chi connectivity index (χ1) is 9.95. The summed E-state index contributed by atoms with van der Waals surface area (Å²) in [6, 6.07) is 3.79. The molecule has 1 heterocycles. The molecule has 6 heteroatoms. The zero-order valence-corrected chi connectivity index (χ0v) is 12.3. The Balaban J connectivity index is 2.15. The van der Waals surface area contributed by atoms with E-state index in [1.54, 1.807) is 12.1 Å². The number of hydrogen-bond acceptors (Lipinski definition) is 4. The average molecular weight is 305 g/mol. The number of aliphatic carboxylic acids is 1. The zero-order chi connectivity index (χ0) is 15.4. The summed E-state index contributed by atoms with van der Waals surface area (Å²) < 4.78 is 5.55. The van der Waals surface area contributed by atoms with E-state index in [4.69, 9.17) is 21.4 Å². The second-order valence-corrected chi connectivity index (χ2v) is 4.82. The normalized spacial score (nSPS) is 10.8. The number of carboxylic acids is 1. The van der Waals surface area contributed by atoms with Crippen LogP contribution in [0.2, 0.25) is 5.02 Å². The molecule has 0 saturated carbocycles. The van der Waals surface area contributed by atoms with E-state index in [1.807, 2.05) is 13.8 Å². The molecule has 0 radical (unpaired) electrons. The molecule has 0 bridgehead atoms. The van der Waals surface area contributed by atoms with Crippen LogP contribution in [0.3, 0.4) is 0 Å². The second-order valence-electron chi connectivity index (χ2n) is 4.44. The topological polar surface area (TPSA) is 72.3 Å². The molecule has 1 aromatic carbocycles. The fourth-order valence-corrected chi connectivity index (χ4v) is 1.81. The molecule has 1 N–H and O–H groups in total. The average Bonchev–Trinajstić information content (AvgIpc) is 2.44. The summed E-state index contributed by atoms with van der Waals surface area (Å²) in [5.41, 5.74) is 2.40. The van der Waals surface area contributed by atoms with Crippen LogP contribution in [-0.2, 0) is 4.79 Å². The number of benzene rings is 1. The van der Waals surface area contributed by atoms with E-state index in [0.717, 1.165) is 17.2 Å². The number of halogens is 1. The Morgan fingerprint density at radius 1 is 1.24 bits per heavy atom. The molecule has 1 aromatic heterocycles. The Kier molecular flexibility index (Phi) is 4.55. The molecule has 0 fully saturated rings. The van der Waals surface area contributed by atoms with E-state index in [9.17, 15) is 4.79 Å². The summed E-state index contributed by atoms with van der Waals surface area (Å²) >= 11 is 6.09. The maximum absolute atomic E-state index is 10.4. The van der Waals surface area contributed by atoms with Crippen LogP contribution in [0.1, 0.15) is 16.7 Å². The van der Waals surface area contributed by atoms with Crippen LogP contribution in [-0.4, -0.2) is 21.0 Å². The number of carbonyl (C=O) groups is 1. The van der Waals surface area contributed by atoms with E-state index in [2.05, 4.69) is 9.97 Å². The van der Waals surface area contributed by atoms with Gasteiger partial charge in [0.1, 0.15) is 5.75 Å². The number of rotatable bonds is 4. The Morgan fingerprint density at radius 2 is 1.81 bits per heavy atom. The largest absolute Gasteiger partial charge is 0.478 e. The third kappa shape index (κ3) is 4.03. The number of hydrogen-bond donors (Lipinski definition) is 1. The van der Waals surface area contributed by atoms with Gasteiger partial charge >= 0.3 is 12.0 Å². The van der Waals surface area contributed by atoms with Crippen LogP contribution in [0.25, 0.3) is 6.08 Å². The number of nitrogens with zero attached hydrogens (tertiary/aromatic N) is 2. The minimum absolute atomic E-state index is 0.184. The van der Waals surface area contributed by atoms with Crippen molar-refractivity contribution in [2.75, 3.05) is 0 Å². The van der Waals surface area contributed by atoms with Crippen molar-refractivity contribution in [2.45, 2.75) is 13.8 Å². The molecule has 0 atom stereocenters. The predicted octanol–water partition coefficient (Wildman–Crippen LogP) is 3.64. The fourth-order valence-electron chi connectivity index (χ4n) is 1.70. The fraction of sp³-hybridized carbons (Fsp3) is 0.133. The number of ether oxygens (including phenoxy) is 1. The molecule has 2 aromatic rings. The first-order valence-electron chi connectivity index (χ1n) is 6.13. The first kappa shape index (κ1) is 15.0. The molecule has 0 amide bonds. The van der Waals surface area contributed by atoms with Gasteiger partial charge in [-0.3, -0.25) is 0 Å². The lowest BCUT2D eigenvalue weighted by Gasteiger charge is -2.08. The summed E-state index contributed by atoms with van der Waals surface area (Å²) in [5, 5.41) is 9.24. The molecule has 0 aliphatic carbocycles.